The number of aliphatic hydroxyl groups excluding tert-OH is 1. The first-order chi connectivity index (χ1) is 7.63. The van der Waals surface area contributed by atoms with Crippen molar-refractivity contribution in [3.05, 3.63) is 18.0 Å². The Hall–Kier alpha value is -0.870. The van der Waals surface area contributed by atoms with Gasteiger partial charge in [0.1, 0.15) is 0 Å². The Labute approximate surface area is 96.2 Å². The van der Waals surface area contributed by atoms with Crippen molar-refractivity contribution in [2.75, 3.05) is 7.11 Å². The van der Waals surface area contributed by atoms with Gasteiger partial charge in [-0.25, -0.2) is 0 Å². The van der Waals surface area contributed by atoms with Crippen LogP contribution in [0.4, 0.5) is 0 Å². The molecular formula is C12H20N2O2. The van der Waals surface area contributed by atoms with Crippen LogP contribution >= 0.6 is 0 Å². The van der Waals surface area contributed by atoms with Crippen molar-refractivity contribution in [1.82, 2.24) is 9.78 Å². The highest BCUT2D eigenvalue weighted by Crippen LogP contribution is 2.39. The summed E-state index contributed by atoms with van der Waals surface area (Å²) in [6.07, 6.45) is 8.20. The molecule has 0 radical (unpaired) electrons. The number of aryl methyl sites for hydroxylation is 1. The molecule has 1 unspecified atom stereocenters. The van der Waals surface area contributed by atoms with Crippen molar-refractivity contribution in [3.63, 3.8) is 0 Å². The van der Waals surface area contributed by atoms with Crippen LogP contribution in [-0.4, -0.2) is 33.7 Å². The third kappa shape index (κ3) is 2.44. The molecule has 1 aliphatic rings. The average molecular weight is 224 g/mol. The van der Waals surface area contributed by atoms with E-state index in [1.807, 2.05) is 19.4 Å². The molecule has 0 amide bonds. The Morgan fingerprint density at radius 1 is 1.62 bits per heavy atom. The minimum absolute atomic E-state index is 0.0539. The fourth-order valence-electron chi connectivity index (χ4n) is 2.41. The molecule has 4 nitrogen and oxygen atoms in total. The van der Waals surface area contributed by atoms with Crippen LogP contribution in [0.5, 0.6) is 0 Å². The highest BCUT2D eigenvalue weighted by Gasteiger charge is 2.38. The average Bonchev–Trinajstić information content (AvgIpc) is 2.57. The summed E-state index contributed by atoms with van der Waals surface area (Å²) in [6, 6.07) is 0. The summed E-state index contributed by atoms with van der Waals surface area (Å²) in [5, 5.41) is 14.1. The molecule has 0 aliphatic heterocycles. The summed E-state index contributed by atoms with van der Waals surface area (Å²) in [6.45, 7) is 0. The van der Waals surface area contributed by atoms with E-state index in [9.17, 15) is 5.11 Å². The van der Waals surface area contributed by atoms with Crippen LogP contribution in [0.2, 0.25) is 0 Å². The van der Waals surface area contributed by atoms with Crippen molar-refractivity contribution in [2.24, 2.45) is 7.05 Å². The number of aromatic nitrogens is 2. The Morgan fingerprint density at radius 3 is 2.81 bits per heavy atom. The van der Waals surface area contributed by atoms with E-state index in [2.05, 4.69) is 5.10 Å². The largest absolute Gasteiger partial charge is 0.393 e. The standard InChI is InChI=1S/C12H20N2O2/c1-14-9-10(8-13-14)6-11(15)7-12(16-2)4-3-5-12/h8-9,11,15H,3-7H2,1-2H3. The lowest BCUT2D eigenvalue weighted by Crippen LogP contribution is -2.42. The lowest BCUT2D eigenvalue weighted by atomic mass is 9.75. The Bertz CT molecular complexity index is 339. The van der Waals surface area contributed by atoms with Gasteiger partial charge in [-0.3, -0.25) is 4.68 Å². The summed E-state index contributed by atoms with van der Waals surface area (Å²) in [5.74, 6) is 0. The predicted molar refractivity (Wildman–Crippen MR) is 61.1 cm³/mol. The fraction of sp³-hybridized carbons (Fsp3) is 0.750. The molecule has 0 saturated heterocycles. The van der Waals surface area contributed by atoms with E-state index in [0.29, 0.717) is 6.42 Å². The minimum atomic E-state index is -0.329. The maximum Gasteiger partial charge on any atom is 0.0703 e. The van der Waals surface area contributed by atoms with Gasteiger partial charge in [-0.15, -0.1) is 0 Å². The zero-order valence-corrected chi connectivity index (χ0v) is 10.0. The molecule has 4 heteroatoms. The van der Waals surface area contributed by atoms with Gasteiger partial charge in [-0.05, 0) is 24.8 Å². The minimum Gasteiger partial charge on any atom is -0.393 e. The number of hydrogen-bond acceptors (Lipinski definition) is 3. The molecule has 1 N–H and O–H groups in total. The van der Waals surface area contributed by atoms with E-state index < -0.39 is 0 Å². The van der Waals surface area contributed by atoms with Crippen LogP contribution in [0.15, 0.2) is 12.4 Å². The molecule has 2 rings (SSSR count). The first kappa shape index (κ1) is 11.6. The number of methoxy groups -OCH3 is 1. The van der Waals surface area contributed by atoms with Gasteiger partial charge in [0.2, 0.25) is 0 Å². The molecule has 1 aromatic heterocycles. The summed E-state index contributed by atoms with van der Waals surface area (Å²) in [4.78, 5) is 0. The second kappa shape index (κ2) is 4.55. The number of nitrogens with zero attached hydrogens (tertiary/aromatic N) is 2. The van der Waals surface area contributed by atoms with Crippen molar-refractivity contribution >= 4 is 0 Å². The molecule has 16 heavy (non-hydrogen) atoms. The smallest absolute Gasteiger partial charge is 0.0703 e. The normalized spacial score (nSPS) is 20.4. The summed E-state index contributed by atoms with van der Waals surface area (Å²) in [5.41, 5.74) is 1.03. The van der Waals surface area contributed by atoms with Gasteiger partial charge >= 0.3 is 0 Å². The van der Waals surface area contributed by atoms with E-state index in [1.165, 1.54) is 6.42 Å². The zero-order valence-electron chi connectivity index (χ0n) is 10.0. The van der Waals surface area contributed by atoms with E-state index >= 15 is 0 Å². The van der Waals surface area contributed by atoms with Gasteiger partial charge in [-0.1, -0.05) is 0 Å². The Kier molecular flexibility index (Phi) is 3.30. The first-order valence-corrected chi connectivity index (χ1v) is 5.84. The predicted octanol–water partition coefficient (Wildman–Crippen LogP) is 1.28. The van der Waals surface area contributed by atoms with E-state index in [-0.39, 0.29) is 11.7 Å². The molecule has 1 aromatic rings. The second-order valence-electron chi connectivity index (χ2n) is 4.83. The van der Waals surface area contributed by atoms with Crippen LogP contribution < -0.4 is 0 Å². The molecule has 0 spiro atoms. The van der Waals surface area contributed by atoms with Gasteiger partial charge in [-0.2, -0.15) is 5.10 Å². The van der Waals surface area contributed by atoms with E-state index in [1.54, 1.807) is 11.8 Å². The molecule has 1 saturated carbocycles. The summed E-state index contributed by atoms with van der Waals surface area (Å²) >= 11 is 0. The van der Waals surface area contributed by atoms with Crippen molar-refractivity contribution in [1.29, 1.82) is 0 Å². The van der Waals surface area contributed by atoms with Gasteiger partial charge < -0.3 is 9.84 Å². The SMILES string of the molecule is COC1(CC(O)Cc2cnn(C)c2)CCC1. The van der Waals surface area contributed by atoms with Crippen LogP contribution in [0.3, 0.4) is 0 Å². The molecule has 0 aromatic carbocycles. The van der Waals surface area contributed by atoms with Crippen LogP contribution in [0.1, 0.15) is 31.2 Å². The molecule has 90 valence electrons. The van der Waals surface area contributed by atoms with Gasteiger partial charge in [0.25, 0.3) is 0 Å². The van der Waals surface area contributed by atoms with Gasteiger partial charge in [0.05, 0.1) is 17.9 Å². The number of aliphatic hydroxyl groups is 1. The monoisotopic (exact) mass is 224 g/mol. The highest BCUT2D eigenvalue weighted by atomic mass is 16.5. The molecule has 1 heterocycles. The maximum absolute atomic E-state index is 10.0. The van der Waals surface area contributed by atoms with Crippen LogP contribution in [-0.2, 0) is 18.2 Å². The number of hydrogen-bond donors (Lipinski definition) is 1. The topological polar surface area (TPSA) is 47.3 Å². The molecule has 1 atom stereocenters. The highest BCUT2D eigenvalue weighted by molar-refractivity contribution is 5.06. The fourth-order valence-corrected chi connectivity index (χ4v) is 2.41. The van der Waals surface area contributed by atoms with Gasteiger partial charge in [0.15, 0.2) is 0 Å². The third-order valence-electron chi connectivity index (χ3n) is 3.54. The summed E-state index contributed by atoms with van der Waals surface area (Å²) in [7, 11) is 3.63. The quantitative estimate of drug-likeness (QED) is 0.819. The van der Waals surface area contributed by atoms with E-state index in [0.717, 1.165) is 24.8 Å². The number of rotatable bonds is 5. The molecule has 0 bridgehead atoms. The van der Waals surface area contributed by atoms with E-state index in [4.69, 9.17) is 4.74 Å². The molecule has 1 aliphatic carbocycles. The summed E-state index contributed by atoms with van der Waals surface area (Å²) < 4.78 is 7.27. The first-order valence-electron chi connectivity index (χ1n) is 5.84. The van der Waals surface area contributed by atoms with Gasteiger partial charge in [0, 0.05) is 33.2 Å². The third-order valence-corrected chi connectivity index (χ3v) is 3.54. The van der Waals surface area contributed by atoms with Crippen LogP contribution in [0, 0.1) is 0 Å². The Balaban J connectivity index is 1.86. The molecule has 1 fully saturated rings. The number of ether oxygens (including phenoxy) is 1. The lowest BCUT2D eigenvalue weighted by molar-refractivity contribution is -0.0989. The maximum atomic E-state index is 10.0. The van der Waals surface area contributed by atoms with Crippen molar-refractivity contribution < 1.29 is 9.84 Å². The van der Waals surface area contributed by atoms with Crippen molar-refractivity contribution in [2.45, 2.75) is 43.8 Å². The van der Waals surface area contributed by atoms with Crippen molar-refractivity contribution in [3.8, 4) is 0 Å². The van der Waals surface area contributed by atoms with Crippen LogP contribution in [0.25, 0.3) is 0 Å². The zero-order chi connectivity index (χ0) is 11.6. The lowest BCUT2D eigenvalue weighted by Gasteiger charge is -2.41. The molecular weight excluding hydrogens is 204 g/mol. The second-order valence-corrected chi connectivity index (χ2v) is 4.83. The Morgan fingerprint density at radius 2 is 2.38 bits per heavy atom.